The third kappa shape index (κ3) is 3.27. The summed E-state index contributed by atoms with van der Waals surface area (Å²) in [6.45, 7) is 2.41. The molecular formula is C14H26O3S. The van der Waals surface area contributed by atoms with E-state index in [1.165, 1.54) is 32.1 Å². The van der Waals surface area contributed by atoms with Crippen LogP contribution in [-0.2, 0) is 14.3 Å². The van der Waals surface area contributed by atoms with Crippen molar-refractivity contribution in [3.8, 4) is 0 Å². The maximum absolute atomic E-state index is 12.2. The first-order valence-electron chi connectivity index (χ1n) is 7.49. The van der Waals surface area contributed by atoms with Crippen LogP contribution >= 0.6 is 0 Å². The molecule has 2 aliphatic rings. The molecule has 2 saturated carbocycles. The molecule has 0 spiro atoms. The predicted molar refractivity (Wildman–Crippen MR) is 72.9 cm³/mol. The van der Waals surface area contributed by atoms with E-state index in [-0.39, 0.29) is 0 Å². The van der Waals surface area contributed by atoms with Gasteiger partial charge >= 0.3 is 0 Å². The van der Waals surface area contributed by atoms with E-state index in [2.05, 4.69) is 0 Å². The van der Waals surface area contributed by atoms with Crippen LogP contribution in [0.15, 0.2) is 0 Å². The van der Waals surface area contributed by atoms with Crippen molar-refractivity contribution < 1.29 is 12.6 Å². The minimum atomic E-state index is -3.32. The summed E-state index contributed by atoms with van der Waals surface area (Å²) in [6.07, 6.45) is 10.6. The van der Waals surface area contributed by atoms with Crippen LogP contribution < -0.4 is 0 Å². The fraction of sp³-hybridized carbons (Fsp3) is 1.00. The molecule has 0 amide bonds. The molecule has 0 aromatic heterocycles. The van der Waals surface area contributed by atoms with Crippen LogP contribution in [0, 0.1) is 5.92 Å². The van der Waals surface area contributed by atoms with Gasteiger partial charge in [0.15, 0.2) is 0 Å². The SMILES string of the molecule is CCCCOS(=O)(=O)C1(CC2CCCCC2)CC1. The summed E-state index contributed by atoms with van der Waals surface area (Å²) in [6, 6.07) is 0. The van der Waals surface area contributed by atoms with Crippen molar-refractivity contribution in [2.24, 2.45) is 5.92 Å². The Labute approximate surface area is 111 Å². The van der Waals surface area contributed by atoms with Gasteiger partial charge < -0.3 is 0 Å². The van der Waals surface area contributed by atoms with Gasteiger partial charge in [-0.05, 0) is 31.6 Å². The average Bonchev–Trinajstić information content (AvgIpc) is 3.12. The number of unbranched alkanes of at least 4 members (excludes halogenated alkanes) is 1. The second-order valence-corrected chi connectivity index (χ2v) is 8.03. The number of rotatable bonds is 7. The van der Waals surface area contributed by atoms with Crippen LogP contribution in [0.4, 0.5) is 0 Å². The highest BCUT2D eigenvalue weighted by Crippen LogP contribution is 2.51. The Hall–Kier alpha value is -0.0900. The van der Waals surface area contributed by atoms with Crippen LogP contribution in [-0.4, -0.2) is 19.8 Å². The molecule has 0 unspecified atom stereocenters. The number of hydrogen-bond donors (Lipinski definition) is 0. The molecule has 0 aromatic rings. The second kappa shape index (κ2) is 5.91. The van der Waals surface area contributed by atoms with Crippen LogP contribution in [0.3, 0.4) is 0 Å². The van der Waals surface area contributed by atoms with E-state index >= 15 is 0 Å². The molecule has 4 heteroatoms. The lowest BCUT2D eigenvalue weighted by Crippen LogP contribution is -2.29. The van der Waals surface area contributed by atoms with Gasteiger partial charge in [-0.3, -0.25) is 4.18 Å². The molecule has 0 aliphatic heterocycles. The van der Waals surface area contributed by atoms with Crippen molar-refractivity contribution in [2.45, 2.75) is 75.9 Å². The Balaban J connectivity index is 1.89. The highest BCUT2D eigenvalue weighted by molar-refractivity contribution is 7.88. The van der Waals surface area contributed by atoms with Gasteiger partial charge in [-0.2, -0.15) is 8.42 Å². The second-order valence-electron chi connectivity index (χ2n) is 6.02. The molecule has 2 fully saturated rings. The van der Waals surface area contributed by atoms with Gasteiger partial charge in [0.25, 0.3) is 10.1 Å². The van der Waals surface area contributed by atoms with E-state index in [0.717, 1.165) is 32.1 Å². The van der Waals surface area contributed by atoms with Gasteiger partial charge in [-0.25, -0.2) is 0 Å². The maximum atomic E-state index is 12.2. The Morgan fingerprint density at radius 1 is 1.17 bits per heavy atom. The lowest BCUT2D eigenvalue weighted by Gasteiger charge is -2.26. The van der Waals surface area contributed by atoms with Gasteiger partial charge in [-0.1, -0.05) is 45.4 Å². The van der Waals surface area contributed by atoms with Gasteiger partial charge in [0.1, 0.15) is 0 Å². The van der Waals surface area contributed by atoms with Gasteiger partial charge in [-0.15, -0.1) is 0 Å². The molecular weight excluding hydrogens is 248 g/mol. The molecule has 106 valence electrons. The van der Waals surface area contributed by atoms with Crippen LogP contribution in [0.2, 0.25) is 0 Å². The first-order valence-corrected chi connectivity index (χ1v) is 8.89. The third-order valence-electron chi connectivity index (χ3n) is 4.46. The Kier molecular flexibility index (Phi) is 4.70. The quantitative estimate of drug-likeness (QED) is 0.526. The molecule has 18 heavy (non-hydrogen) atoms. The molecule has 3 nitrogen and oxygen atoms in total. The van der Waals surface area contributed by atoms with E-state index in [4.69, 9.17) is 4.18 Å². The monoisotopic (exact) mass is 274 g/mol. The summed E-state index contributed by atoms with van der Waals surface area (Å²) in [4.78, 5) is 0. The van der Waals surface area contributed by atoms with Crippen LogP contribution in [0.25, 0.3) is 0 Å². The van der Waals surface area contributed by atoms with Crippen molar-refractivity contribution in [2.75, 3.05) is 6.61 Å². The summed E-state index contributed by atoms with van der Waals surface area (Å²) in [5, 5.41) is 0. The summed E-state index contributed by atoms with van der Waals surface area (Å²) in [7, 11) is -3.32. The molecule has 0 bridgehead atoms. The van der Waals surface area contributed by atoms with Gasteiger partial charge in [0.2, 0.25) is 0 Å². The highest BCUT2D eigenvalue weighted by Gasteiger charge is 2.56. The first-order chi connectivity index (χ1) is 8.60. The van der Waals surface area contributed by atoms with E-state index in [0.29, 0.717) is 12.5 Å². The molecule has 0 atom stereocenters. The smallest absolute Gasteiger partial charge is 0.270 e. The van der Waals surface area contributed by atoms with E-state index in [1.807, 2.05) is 6.92 Å². The number of hydrogen-bond acceptors (Lipinski definition) is 3. The normalized spacial score (nSPS) is 24.1. The Morgan fingerprint density at radius 3 is 2.39 bits per heavy atom. The average molecular weight is 274 g/mol. The van der Waals surface area contributed by atoms with Crippen molar-refractivity contribution >= 4 is 10.1 Å². The van der Waals surface area contributed by atoms with Crippen molar-refractivity contribution in [1.82, 2.24) is 0 Å². The molecule has 2 rings (SSSR count). The Morgan fingerprint density at radius 2 is 1.83 bits per heavy atom. The molecule has 0 N–H and O–H groups in total. The maximum Gasteiger partial charge on any atom is 0.273 e. The van der Waals surface area contributed by atoms with Crippen molar-refractivity contribution in [3.63, 3.8) is 0 Å². The minimum Gasteiger partial charge on any atom is -0.270 e. The molecule has 2 aliphatic carbocycles. The molecule has 0 radical (unpaired) electrons. The summed E-state index contributed by atoms with van der Waals surface area (Å²) < 4.78 is 29.2. The zero-order valence-electron chi connectivity index (χ0n) is 11.5. The highest BCUT2D eigenvalue weighted by atomic mass is 32.2. The van der Waals surface area contributed by atoms with E-state index < -0.39 is 14.9 Å². The van der Waals surface area contributed by atoms with E-state index in [1.54, 1.807) is 0 Å². The van der Waals surface area contributed by atoms with Gasteiger partial charge in [0, 0.05) is 0 Å². The largest absolute Gasteiger partial charge is 0.273 e. The molecule has 0 saturated heterocycles. The standard InChI is InChI=1S/C14H26O3S/c1-2-3-11-17-18(15,16)14(9-10-14)12-13-7-5-4-6-8-13/h13H,2-12H2,1H3. The van der Waals surface area contributed by atoms with Gasteiger partial charge in [0.05, 0.1) is 11.4 Å². The van der Waals surface area contributed by atoms with Crippen LogP contribution in [0.5, 0.6) is 0 Å². The fourth-order valence-electron chi connectivity index (χ4n) is 3.05. The summed E-state index contributed by atoms with van der Waals surface area (Å²) >= 11 is 0. The van der Waals surface area contributed by atoms with Crippen molar-refractivity contribution in [1.29, 1.82) is 0 Å². The molecule has 0 aromatic carbocycles. The minimum absolute atomic E-state index is 0.366. The van der Waals surface area contributed by atoms with Crippen molar-refractivity contribution in [3.05, 3.63) is 0 Å². The summed E-state index contributed by atoms with van der Waals surface area (Å²) in [5.41, 5.74) is 0. The first kappa shape index (κ1) is 14.3. The third-order valence-corrected chi connectivity index (χ3v) is 6.57. The molecule has 0 heterocycles. The predicted octanol–water partition coefficient (Wildman–Crippen LogP) is 3.64. The Bertz CT molecular complexity index is 351. The fourth-order valence-corrected chi connectivity index (χ4v) is 4.68. The zero-order valence-corrected chi connectivity index (χ0v) is 12.3. The summed E-state index contributed by atoms with van der Waals surface area (Å²) in [5.74, 6) is 0.616. The van der Waals surface area contributed by atoms with Crippen LogP contribution in [0.1, 0.15) is 71.1 Å². The topological polar surface area (TPSA) is 43.4 Å². The lowest BCUT2D eigenvalue weighted by molar-refractivity contribution is 0.284. The zero-order chi connectivity index (χ0) is 13.1. The lowest BCUT2D eigenvalue weighted by atomic mass is 9.85. The van der Waals surface area contributed by atoms with E-state index in [9.17, 15) is 8.42 Å².